The van der Waals surface area contributed by atoms with Gasteiger partial charge in [-0.15, -0.1) is 0 Å². The van der Waals surface area contributed by atoms with E-state index in [-0.39, 0.29) is 0 Å². The van der Waals surface area contributed by atoms with Gasteiger partial charge in [0.05, 0.1) is 5.52 Å². The van der Waals surface area contributed by atoms with Gasteiger partial charge in [-0.1, -0.05) is 47.6 Å². The summed E-state index contributed by atoms with van der Waals surface area (Å²) in [4.78, 5) is 12.4. The first-order valence-electron chi connectivity index (χ1n) is 9.04. The van der Waals surface area contributed by atoms with Gasteiger partial charge in [0.25, 0.3) is 0 Å². The normalized spacial score (nSPS) is 20.6. The van der Waals surface area contributed by atoms with Crippen molar-refractivity contribution in [3.8, 4) is 0 Å². The van der Waals surface area contributed by atoms with Crippen LogP contribution in [-0.4, -0.2) is 15.0 Å². The summed E-state index contributed by atoms with van der Waals surface area (Å²) in [5.74, 6) is 2.20. The van der Waals surface area contributed by atoms with Crippen molar-refractivity contribution in [2.75, 3.05) is 0 Å². The molecular formula is C20H20Cl3N3. The number of nitrogens with zero attached hydrogens (tertiary/aromatic N) is 2. The SMILES string of the molecule is Clc1cc(Cl)cc(CC[C@@H]2CCC[C@H](c3nc4nc(Cl)ccc4[nH]3)C2)c1. The molecule has 2 atom stereocenters. The van der Waals surface area contributed by atoms with Gasteiger partial charge in [-0.25, -0.2) is 9.97 Å². The molecule has 136 valence electrons. The standard InChI is InChI=1S/C20H20Cl3N3/c21-15-9-13(10-16(22)11-15)5-4-12-2-1-3-14(8-12)19-24-17-6-7-18(23)25-20(17)26-19/h6-7,9-12,14H,1-5,8H2,(H,24,25,26)/t12-,14-/m0/s1. The molecule has 0 amide bonds. The van der Waals surface area contributed by atoms with E-state index < -0.39 is 0 Å². The minimum atomic E-state index is 0.463. The lowest BCUT2D eigenvalue weighted by Crippen LogP contribution is -2.16. The van der Waals surface area contributed by atoms with Crippen LogP contribution in [0.2, 0.25) is 15.2 Å². The lowest BCUT2D eigenvalue weighted by Gasteiger charge is -2.28. The van der Waals surface area contributed by atoms with Crippen molar-refractivity contribution in [3.63, 3.8) is 0 Å². The third-order valence-electron chi connectivity index (χ3n) is 5.26. The Kier molecular flexibility index (Phi) is 5.40. The van der Waals surface area contributed by atoms with Gasteiger partial charge in [-0.3, -0.25) is 0 Å². The maximum Gasteiger partial charge on any atom is 0.179 e. The van der Waals surface area contributed by atoms with Crippen molar-refractivity contribution in [3.05, 3.63) is 56.9 Å². The molecule has 0 spiro atoms. The Bertz CT molecular complexity index is 902. The summed E-state index contributed by atoms with van der Waals surface area (Å²) >= 11 is 18.2. The molecule has 2 heterocycles. The van der Waals surface area contributed by atoms with Crippen molar-refractivity contribution >= 4 is 46.0 Å². The number of pyridine rings is 1. The van der Waals surface area contributed by atoms with E-state index in [9.17, 15) is 0 Å². The number of aryl methyl sites for hydroxylation is 1. The van der Waals surface area contributed by atoms with Gasteiger partial charge in [0.2, 0.25) is 0 Å². The predicted molar refractivity (Wildman–Crippen MR) is 108 cm³/mol. The number of halogens is 3. The van der Waals surface area contributed by atoms with Crippen LogP contribution in [0.4, 0.5) is 0 Å². The number of benzene rings is 1. The molecule has 0 radical (unpaired) electrons. The maximum absolute atomic E-state index is 6.11. The first-order valence-corrected chi connectivity index (χ1v) is 10.2. The van der Waals surface area contributed by atoms with E-state index in [0.29, 0.717) is 32.7 Å². The summed E-state index contributed by atoms with van der Waals surface area (Å²) in [6.45, 7) is 0. The number of nitrogens with one attached hydrogen (secondary N) is 1. The van der Waals surface area contributed by atoms with E-state index in [0.717, 1.165) is 30.6 Å². The van der Waals surface area contributed by atoms with Crippen molar-refractivity contribution in [2.45, 2.75) is 44.4 Å². The summed E-state index contributed by atoms with van der Waals surface area (Å²) in [6.07, 6.45) is 6.99. The molecule has 0 saturated heterocycles. The second-order valence-corrected chi connectivity index (χ2v) is 8.43. The second-order valence-electron chi connectivity index (χ2n) is 7.17. The van der Waals surface area contributed by atoms with Crippen molar-refractivity contribution < 1.29 is 0 Å². The summed E-state index contributed by atoms with van der Waals surface area (Å²) in [5, 5.41) is 1.90. The van der Waals surface area contributed by atoms with E-state index in [2.05, 4.69) is 15.0 Å². The van der Waals surface area contributed by atoms with Crippen molar-refractivity contribution in [1.29, 1.82) is 0 Å². The van der Waals surface area contributed by atoms with E-state index in [4.69, 9.17) is 34.8 Å². The number of hydrogen-bond donors (Lipinski definition) is 1. The van der Waals surface area contributed by atoms with Gasteiger partial charge in [0.15, 0.2) is 5.65 Å². The fraction of sp³-hybridized carbons (Fsp3) is 0.400. The fourth-order valence-electron chi connectivity index (χ4n) is 4.01. The molecule has 0 aliphatic heterocycles. The minimum absolute atomic E-state index is 0.463. The molecule has 1 N–H and O–H groups in total. The van der Waals surface area contributed by atoms with Gasteiger partial charge in [0, 0.05) is 16.0 Å². The lowest BCUT2D eigenvalue weighted by molar-refractivity contribution is 0.300. The molecule has 4 rings (SSSR count). The number of hydrogen-bond acceptors (Lipinski definition) is 2. The average Bonchev–Trinajstić information content (AvgIpc) is 3.03. The van der Waals surface area contributed by atoms with E-state index in [1.807, 2.05) is 18.2 Å². The van der Waals surface area contributed by atoms with Gasteiger partial charge >= 0.3 is 0 Å². The lowest BCUT2D eigenvalue weighted by atomic mass is 9.78. The summed E-state index contributed by atoms with van der Waals surface area (Å²) in [7, 11) is 0. The number of aromatic nitrogens is 3. The molecule has 1 aliphatic carbocycles. The van der Waals surface area contributed by atoms with Crippen LogP contribution in [0.5, 0.6) is 0 Å². The van der Waals surface area contributed by atoms with Crippen LogP contribution in [0.1, 0.15) is 49.4 Å². The molecule has 6 heteroatoms. The molecule has 0 unspecified atom stereocenters. The maximum atomic E-state index is 6.11. The predicted octanol–water partition coefficient (Wildman–Crippen LogP) is 6.82. The second kappa shape index (κ2) is 7.75. The number of imidazole rings is 1. The molecule has 1 fully saturated rings. The first-order chi connectivity index (χ1) is 12.6. The Balaban J connectivity index is 1.43. The molecule has 26 heavy (non-hydrogen) atoms. The van der Waals surface area contributed by atoms with Crippen LogP contribution in [0.25, 0.3) is 11.2 Å². The Morgan fingerprint density at radius 2 is 1.81 bits per heavy atom. The van der Waals surface area contributed by atoms with E-state index >= 15 is 0 Å². The average molecular weight is 409 g/mol. The molecule has 1 saturated carbocycles. The molecule has 3 nitrogen and oxygen atoms in total. The van der Waals surface area contributed by atoms with Crippen molar-refractivity contribution in [1.82, 2.24) is 15.0 Å². The smallest absolute Gasteiger partial charge is 0.179 e. The molecular weight excluding hydrogens is 389 g/mol. The topological polar surface area (TPSA) is 41.6 Å². The highest BCUT2D eigenvalue weighted by Crippen LogP contribution is 2.37. The van der Waals surface area contributed by atoms with Crippen LogP contribution in [0.3, 0.4) is 0 Å². The molecule has 1 aliphatic rings. The van der Waals surface area contributed by atoms with Gasteiger partial charge in [-0.2, -0.15) is 0 Å². The number of fused-ring (bicyclic) bond motifs is 1. The van der Waals surface area contributed by atoms with Crippen LogP contribution < -0.4 is 0 Å². The highest BCUT2D eigenvalue weighted by molar-refractivity contribution is 6.34. The van der Waals surface area contributed by atoms with Crippen LogP contribution >= 0.6 is 34.8 Å². The highest BCUT2D eigenvalue weighted by atomic mass is 35.5. The number of aromatic amines is 1. The number of H-pyrrole nitrogens is 1. The van der Waals surface area contributed by atoms with Gasteiger partial charge < -0.3 is 4.98 Å². The Morgan fingerprint density at radius 1 is 1.00 bits per heavy atom. The van der Waals surface area contributed by atoms with Crippen LogP contribution in [0.15, 0.2) is 30.3 Å². The third-order valence-corrected chi connectivity index (χ3v) is 5.91. The van der Waals surface area contributed by atoms with Gasteiger partial charge in [-0.05, 0) is 67.5 Å². The molecule has 2 aromatic heterocycles. The Hall–Kier alpha value is -1.29. The summed E-state index contributed by atoms with van der Waals surface area (Å²) in [5.41, 5.74) is 2.88. The summed E-state index contributed by atoms with van der Waals surface area (Å²) in [6, 6.07) is 9.56. The van der Waals surface area contributed by atoms with Crippen LogP contribution in [-0.2, 0) is 6.42 Å². The highest BCUT2D eigenvalue weighted by Gasteiger charge is 2.25. The van der Waals surface area contributed by atoms with Crippen molar-refractivity contribution in [2.24, 2.45) is 5.92 Å². The minimum Gasteiger partial charge on any atom is -0.340 e. The fourth-order valence-corrected chi connectivity index (χ4v) is 4.72. The zero-order valence-corrected chi connectivity index (χ0v) is 16.6. The van der Waals surface area contributed by atoms with Gasteiger partial charge in [0.1, 0.15) is 11.0 Å². The Morgan fingerprint density at radius 3 is 2.62 bits per heavy atom. The Labute approximate surface area is 168 Å². The first kappa shape index (κ1) is 18.1. The molecule has 0 bridgehead atoms. The largest absolute Gasteiger partial charge is 0.340 e. The molecule has 3 aromatic rings. The molecule has 1 aromatic carbocycles. The monoisotopic (exact) mass is 407 g/mol. The van der Waals surface area contributed by atoms with E-state index in [1.54, 1.807) is 12.1 Å². The summed E-state index contributed by atoms with van der Waals surface area (Å²) < 4.78 is 0. The zero-order valence-electron chi connectivity index (χ0n) is 14.3. The number of rotatable bonds is 4. The quantitative estimate of drug-likeness (QED) is 0.481. The third kappa shape index (κ3) is 4.16. The zero-order chi connectivity index (χ0) is 18.1. The van der Waals surface area contributed by atoms with Crippen LogP contribution in [0, 0.1) is 5.92 Å². The van der Waals surface area contributed by atoms with E-state index in [1.165, 1.54) is 24.8 Å².